The van der Waals surface area contributed by atoms with Crippen LogP contribution in [0.4, 0.5) is 0 Å². The van der Waals surface area contributed by atoms with Crippen molar-refractivity contribution >= 4 is 17.2 Å². The summed E-state index contributed by atoms with van der Waals surface area (Å²) in [6, 6.07) is 11.5. The number of fused-ring (bicyclic) bond motifs is 4. The zero-order valence-corrected chi connectivity index (χ0v) is 15.6. The van der Waals surface area contributed by atoms with Gasteiger partial charge in [0.2, 0.25) is 0 Å². The Balaban J connectivity index is 1.49. The number of hydrogen-bond acceptors (Lipinski definition) is 4. The maximum atomic E-state index is 13.1. The van der Waals surface area contributed by atoms with Crippen LogP contribution in [0.15, 0.2) is 59.0 Å². The number of rotatable bonds is 2. The Morgan fingerprint density at radius 1 is 1.11 bits per heavy atom. The lowest BCUT2D eigenvalue weighted by Crippen LogP contribution is -2.49. The van der Waals surface area contributed by atoms with E-state index in [0.717, 1.165) is 29.1 Å². The summed E-state index contributed by atoms with van der Waals surface area (Å²) in [4.78, 5) is 32.8. The molecule has 0 N–H and O–H groups in total. The maximum Gasteiger partial charge on any atom is 0.263 e. The van der Waals surface area contributed by atoms with Crippen molar-refractivity contribution in [1.29, 1.82) is 0 Å². The lowest BCUT2D eigenvalue weighted by molar-refractivity contribution is 0.0599. The minimum Gasteiger partial charge on any atom is -0.337 e. The standard InChI is InChI=1S/C21H19N3O2S/c25-20-17(15-3-1-7-22-10-15)5-6-18-16-9-14(12-24(18)20)11-23(13-16)21(26)19-4-2-8-27-19/h1-8,10,14,16H,9,11-13H2/t14-,16+/m0/s1. The summed E-state index contributed by atoms with van der Waals surface area (Å²) >= 11 is 1.49. The fourth-order valence-corrected chi connectivity index (χ4v) is 5.10. The van der Waals surface area contributed by atoms with Crippen LogP contribution in [-0.4, -0.2) is 33.4 Å². The molecule has 0 spiro atoms. The number of aromatic nitrogens is 2. The van der Waals surface area contributed by atoms with Crippen LogP contribution in [0.3, 0.4) is 0 Å². The van der Waals surface area contributed by atoms with Crippen LogP contribution in [0.1, 0.15) is 27.7 Å². The fraction of sp³-hybridized carbons (Fsp3) is 0.286. The number of thiophene rings is 1. The second kappa shape index (κ2) is 6.46. The molecule has 0 aromatic carbocycles. The first-order valence-electron chi connectivity index (χ1n) is 9.17. The molecule has 3 aromatic rings. The summed E-state index contributed by atoms with van der Waals surface area (Å²) in [5.41, 5.74) is 2.64. The van der Waals surface area contributed by atoms with Crippen LogP contribution >= 0.6 is 11.3 Å². The normalized spacial score (nSPS) is 21.0. The van der Waals surface area contributed by atoms with Gasteiger partial charge in [-0.05, 0) is 42.0 Å². The SMILES string of the molecule is O=C(c1cccs1)N1C[C@@H]2C[C@H](C1)c1ccc(-c3cccnc3)c(=O)n1C2. The molecule has 5 rings (SSSR count). The number of carbonyl (C=O) groups excluding carboxylic acids is 1. The van der Waals surface area contributed by atoms with E-state index in [9.17, 15) is 9.59 Å². The van der Waals surface area contributed by atoms with Crippen LogP contribution in [0, 0.1) is 5.92 Å². The van der Waals surface area contributed by atoms with Crippen molar-refractivity contribution in [3.05, 3.63) is 75.1 Å². The zero-order chi connectivity index (χ0) is 18.4. The third-order valence-electron chi connectivity index (χ3n) is 5.60. The van der Waals surface area contributed by atoms with E-state index in [4.69, 9.17) is 0 Å². The number of pyridine rings is 2. The third-order valence-corrected chi connectivity index (χ3v) is 6.45. The number of amides is 1. The molecule has 0 radical (unpaired) electrons. The summed E-state index contributed by atoms with van der Waals surface area (Å²) in [6.45, 7) is 2.07. The molecular weight excluding hydrogens is 358 g/mol. The van der Waals surface area contributed by atoms with E-state index in [2.05, 4.69) is 11.1 Å². The van der Waals surface area contributed by atoms with Gasteiger partial charge < -0.3 is 9.47 Å². The molecule has 1 amide bonds. The Kier molecular flexibility index (Phi) is 3.93. The average molecular weight is 377 g/mol. The molecule has 5 nitrogen and oxygen atoms in total. The molecule has 2 atom stereocenters. The van der Waals surface area contributed by atoms with E-state index in [0.29, 0.717) is 24.6 Å². The maximum absolute atomic E-state index is 13.1. The second-order valence-corrected chi connectivity index (χ2v) is 8.26. The molecule has 0 saturated carbocycles. The van der Waals surface area contributed by atoms with Crippen molar-refractivity contribution in [3.8, 4) is 11.1 Å². The Morgan fingerprint density at radius 2 is 2.04 bits per heavy atom. The van der Waals surface area contributed by atoms with Crippen molar-refractivity contribution in [3.63, 3.8) is 0 Å². The van der Waals surface area contributed by atoms with Gasteiger partial charge in [0, 0.05) is 54.8 Å². The lowest BCUT2D eigenvalue weighted by Gasteiger charge is -2.42. The minimum absolute atomic E-state index is 0.0493. The van der Waals surface area contributed by atoms with E-state index >= 15 is 0 Å². The molecule has 136 valence electrons. The predicted molar refractivity (Wildman–Crippen MR) is 105 cm³/mol. The van der Waals surface area contributed by atoms with Crippen LogP contribution in [0.2, 0.25) is 0 Å². The minimum atomic E-state index is 0.0493. The first-order valence-corrected chi connectivity index (χ1v) is 10.1. The van der Waals surface area contributed by atoms with Gasteiger partial charge in [-0.2, -0.15) is 0 Å². The monoisotopic (exact) mass is 377 g/mol. The van der Waals surface area contributed by atoms with E-state index in [1.807, 2.05) is 45.2 Å². The molecule has 3 aromatic heterocycles. The summed E-state index contributed by atoms with van der Waals surface area (Å²) in [5, 5.41) is 1.94. The highest BCUT2D eigenvalue weighted by Gasteiger charge is 2.37. The van der Waals surface area contributed by atoms with Gasteiger partial charge in [0.15, 0.2) is 0 Å². The van der Waals surface area contributed by atoms with Crippen LogP contribution in [0.5, 0.6) is 0 Å². The first-order chi connectivity index (χ1) is 13.2. The molecule has 0 unspecified atom stereocenters. The Hall–Kier alpha value is -2.73. The van der Waals surface area contributed by atoms with Crippen molar-refractivity contribution < 1.29 is 4.79 Å². The van der Waals surface area contributed by atoms with E-state index in [1.165, 1.54) is 11.3 Å². The third kappa shape index (κ3) is 2.80. The molecule has 2 bridgehead atoms. The van der Waals surface area contributed by atoms with Crippen molar-refractivity contribution in [2.24, 2.45) is 5.92 Å². The van der Waals surface area contributed by atoms with Crippen LogP contribution in [-0.2, 0) is 6.54 Å². The highest BCUT2D eigenvalue weighted by molar-refractivity contribution is 7.12. The van der Waals surface area contributed by atoms with Crippen LogP contribution < -0.4 is 5.56 Å². The Bertz CT molecular complexity index is 1040. The molecule has 1 saturated heterocycles. The number of likely N-dealkylation sites (tertiary alicyclic amines) is 1. The second-order valence-electron chi connectivity index (χ2n) is 7.32. The number of nitrogens with zero attached hydrogens (tertiary/aromatic N) is 3. The van der Waals surface area contributed by atoms with Gasteiger partial charge in [0.05, 0.1) is 4.88 Å². The van der Waals surface area contributed by atoms with Gasteiger partial charge in [-0.25, -0.2) is 0 Å². The smallest absolute Gasteiger partial charge is 0.263 e. The van der Waals surface area contributed by atoms with Gasteiger partial charge in [-0.1, -0.05) is 12.1 Å². The van der Waals surface area contributed by atoms with Gasteiger partial charge in [-0.3, -0.25) is 14.6 Å². The van der Waals surface area contributed by atoms with Crippen molar-refractivity contribution in [2.75, 3.05) is 13.1 Å². The number of piperidine rings is 1. The van der Waals surface area contributed by atoms with Gasteiger partial charge in [0.1, 0.15) is 0 Å². The van der Waals surface area contributed by atoms with Gasteiger partial charge in [0.25, 0.3) is 11.5 Å². The Labute approximate surface area is 160 Å². The van der Waals surface area contributed by atoms with E-state index in [1.54, 1.807) is 12.4 Å². The van der Waals surface area contributed by atoms with Crippen LogP contribution in [0.25, 0.3) is 11.1 Å². The first kappa shape index (κ1) is 16.4. The quantitative estimate of drug-likeness (QED) is 0.689. The van der Waals surface area contributed by atoms with E-state index in [-0.39, 0.29) is 17.4 Å². The summed E-state index contributed by atoms with van der Waals surface area (Å²) in [7, 11) is 0. The summed E-state index contributed by atoms with van der Waals surface area (Å²) < 4.78 is 1.92. The highest BCUT2D eigenvalue weighted by atomic mass is 32.1. The zero-order valence-electron chi connectivity index (χ0n) is 14.7. The van der Waals surface area contributed by atoms with Gasteiger partial charge >= 0.3 is 0 Å². The predicted octanol–water partition coefficient (Wildman–Crippen LogP) is 3.23. The van der Waals surface area contributed by atoms with E-state index < -0.39 is 0 Å². The molecule has 1 fully saturated rings. The molecule has 6 heteroatoms. The largest absolute Gasteiger partial charge is 0.337 e. The molecule has 27 heavy (non-hydrogen) atoms. The highest BCUT2D eigenvalue weighted by Crippen LogP contribution is 2.36. The molecule has 2 aliphatic rings. The van der Waals surface area contributed by atoms with Gasteiger partial charge in [-0.15, -0.1) is 11.3 Å². The number of hydrogen-bond donors (Lipinski definition) is 0. The van der Waals surface area contributed by atoms with Crippen molar-refractivity contribution in [2.45, 2.75) is 18.9 Å². The lowest BCUT2D eigenvalue weighted by atomic mass is 9.82. The summed E-state index contributed by atoms with van der Waals surface area (Å²) in [5.74, 6) is 0.654. The fourth-order valence-electron chi connectivity index (χ4n) is 4.41. The molecule has 5 heterocycles. The molecule has 0 aliphatic carbocycles. The topological polar surface area (TPSA) is 55.2 Å². The average Bonchev–Trinajstić information content (AvgIpc) is 3.23. The number of carbonyl (C=O) groups is 1. The Morgan fingerprint density at radius 3 is 2.81 bits per heavy atom. The molecule has 2 aliphatic heterocycles. The van der Waals surface area contributed by atoms with Crippen molar-refractivity contribution in [1.82, 2.24) is 14.5 Å². The molecular formula is C21H19N3O2S. The summed E-state index contributed by atoms with van der Waals surface area (Å²) in [6.07, 6.45) is 4.48.